The van der Waals surface area contributed by atoms with Gasteiger partial charge in [0.15, 0.2) is 0 Å². The Labute approximate surface area is 179 Å². The van der Waals surface area contributed by atoms with E-state index in [1.807, 2.05) is 6.92 Å². The second kappa shape index (κ2) is 8.91. The van der Waals surface area contributed by atoms with E-state index in [1.54, 1.807) is 42.5 Å². The van der Waals surface area contributed by atoms with Crippen LogP contribution in [-0.4, -0.2) is 53.5 Å². The zero-order chi connectivity index (χ0) is 22.7. The molecular formula is C23H23NO7. The van der Waals surface area contributed by atoms with Crippen LogP contribution in [0.15, 0.2) is 48.0 Å². The van der Waals surface area contributed by atoms with Crippen molar-refractivity contribution in [2.45, 2.75) is 19.4 Å². The summed E-state index contributed by atoms with van der Waals surface area (Å²) in [6.07, 6.45) is -0.355. The number of aliphatic hydroxyl groups is 1. The van der Waals surface area contributed by atoms with Crippen LogP contribution in [0.3, 0.4) is 0 Å². The molecule has 0 bridgehead atoms. The number of rotatable bonds is 7. The van der Waals surface area contributed by atoms with Crippen LogP contribution in [0, 0.1) is 6.92 Å². The third kappa shape index (κ3) is 4.23. The molecule has 1 saturated heterocycles. The molecule has 2 aromatic carbocycles. The van der Waals surface area contributed by atoms with Crippen molar-refractivity contribution in [1.29, 1.82) is 0 Å². The zero-order valence-electron chi connectivity index (χ0n) is 17.4. The molecule has 2 N–H and O–H groups in total. The second-order valence-electron chi connectivity index (χ2n) is 7.11. The van der Waals surface area contributed by atoms with Gasteiger partial charge in [0.05, 0.1) is 32.3 Å². The Bertz CT molecular complexity index is 1060. The summed E-state index contributed by atoms with van der Waals surface area (Å²) in [6, 6.07) is 10.7. The summed E-state index contributed by atoms with van der Waals surface area (Å²) in [7, 11) is 2.92. The number of amides is 1. The molecular weight excluding hydrogens is 402 g/mol. The Morgan fingerprint density at radius 1 is 1.03 bits per heavy atom. The number of nitrogens with zero attached hydrogens (tertiary/aromatic N) is 1. The highest BCUT2D eigenvalue weighted by atomic mass is 16.5. The minimum absolute atomic E-state index is 0.122. The lowest BCUT2D eigenvalue weighted by Crippen LogP contribution is -2.32. The first-order chi connectivity index (χ1) is 14.8. The second-order valence-corrected chi connectivity index (χ2v) is 7.11. The van der Waals surface area contributed by atoms with E-state index in [2.05, 4.69) is 0 Å². The summed E-state index contributed by atoms with van der Waals surface area (Å²) in [6.45, 7) is 1.68. The van der Waals surface area contributed by atoms with Crippen molar-refractivity contribution in [3.05, 3.63) is 64.7 Å². The van der Waals surface area contributed by atoms with E-state index >= 15 is 0 Å². The Hall–Kier alpha value is -3.81. The molecule has 8 heteroatoms. The summed E-state index contributed by atoms with van der Waals surface area (Å²) in [5, 5.41) is 20.1. The maximum absolute atomic E-state index is 12.9. The van der Waals surface area contributed by atoms with Crippen molar-refractivity contribution in [2.75, 3.05) is 20.8 Å². The van der Waals surface area contributed by atoms with E-state index in [1.165, 1.54) is 14.2 Å². The molecule has 3 rings (SSSR count). The van der Waals surface area contributed by atoms with Crippen molar-refractivity contribution in [1.82, 2.24) is 4.90 Å². The third-order valence-corrected chi connectivity index (χ3v) is 5.17. The number of Topliss-reactive ketones (excluding diaryl/α,β-unsaturated/α-hetero) is 1. The summed E-state index contributed by atoms with van der Waals surface area (Å²) < 4.78 is 10.7. The van der Waals surface area contributed by atoms with Gasteiger partial charge in [0.25, 0.3) is 11.7 Å². The summed E-state index contributed by atoms with van der Waals surface area (Å²) in [4.78, 5) is 38.0. The van der Waals surface area contributed by atoms with Gasteiger partial charge in [-0.1, -0.05) is 29.8 Å². The van der Waals surface area contributed by atoms with Crippen LogP contribution in [-0.2, 0) is 14.4 Å². The summed E-state index contributed by atoms with van der Waals surface area (Å²) in [5.74, 6) is -2.37. The zero-order valence-corrected chi connectivity index (χ0v) is 17.4. The Kier molecular flexibility index (Phi) is 6.29. The molecule has 1 aliphatic rings. The van der Waals surface area contributed by atoms with Crippen LogP contribution in [0.4, 0.5) is 0 Å². The smallest absolute Gasteiger partial charge is 0.305 e. The molecule has 8 nitrogen and oxygen atoms in total. The molecule has 0 spiro atoms. The average molecular weight is 425 g/mol. The normalized spacial score (nSPS) is 17.6. The molecule has 162 valence electrons. The van der Waals surface area contributed by atoms with Crippen LogP contribution in [0.5, 0.6) is 11.5 Å². The molecule has 0 radical (unpaired) electrons. The third-order valence-electron chi connectivity index (χ3n) is 5.17. The number of hydrogen-bond donors (Lipinski definition) is 2. The van der Waals surface area contributed by atoms with Gasteiger partial charge in [-0.25, -0.2) is 0 Å². The van der Waals surface area contributed by atoms with Crippen molar-refractivity contribution in [3.63, 3.8) is 0 Å². The van der Waals surface area contributed by atoms with Crippen LogP contribution in [0.1, 0.15) is 29.2 Å². The number of likely N-dealkylation sites (tertiary alicyclic amines) is 1. The van der Waals surface area contributed by atoms with Gasteiger partial charge >= 0.3 is 5.97 Å². The fourth-order valence-corrected chi connectivity index (χ4v) is 3.56. The molecule has 1 atom stereocenters. The highest BCUT2D eigenvalue weighted by Gasteiger charge is 2.47. The number of hydrogen-bond acceptors (Lipinski definition) is 6. The van der Waals surface area contributed by atoms with E-state index < -0.39 is 23.7 Å². The highest BCUT2D eigenvalue weighted by molar-refractivity contribution is 6.46. The lowest BCUT2D eigenvalue weighted by Gasteiger charge is -2.26. The van der Waals surface area contributed by atoms with Crippen molar-refractivity contribution in [2.24, 2.45) is 0 Å². The van der Waals surface area contributed by atoms with Crippen molar-refractivity contribution in [3.8, 4) is 11.5 Å². The molecule has 31 heavy (non-hydrogen) atoms. The first-order valence-electron chi connectivity index (χ1n) is 9.57. The monoisotopic (exact) mass is 425 g/mol. The average Bonchev–Trinajstić information content (AvgIpc) is 3.01. The quantitative estimate of drug-likeness (QED) is 0.398. The van der Waals surface area contributed by atoms with E-state index in [-0.39, 0.29) is 24.3 Å². The molecule has 1 heterocycles. The number of aliphatic carboxylic acids is 1. The predicted octanol–water partition coefficient (Wildman–Crippen LogP) is 2.91. The first-order valence-corrected chi connectivity index (χ1v) is 9.57. The van der Waals surface area contributed by atoms with Crippen LogP contribution in [0.2, 0.25) is 0 Å². The van der Waals surface area contributed by atoms with Crippen molar-refractivity contribution >= 4 is 23.4 Å². The van der Waals surface area contributed by atoms with E-state index in [0.29, 0.717) is 22.6 Å². The Balaban J connectivity index is 2.21. The minimum Gasteiger partial charge on any atom is -0.507 e. The number of benzene rings is 2. The topological polar surface area (TPSA) is 113 Å². The molecule has 0 aliphatic carbocycles. The van der Waals surface area contributed by atoms with Gasteiger partial charge in [0.2, 0.25) is 0 Å². The number of carbonyl (C=O) groups is 3. The minimum atomic E-state index is -1.11. The fraction of sp³-hybridized carbons (Fsp3) is 0.261. The fourth-order valence-electron chi connectivity index (χ4n) is 3.56. The van der Waals surface area contributed by atoms with Gasteiger partial charge in [-0.05, 0) is 19.1 Å². The number of aliphatic hydroxyl groups excluding tert-OH is 1. The first kappa shape index (κ1) is 21.9. The van der Waals surface area contributed by atoms with Crippen LogP contribution < -0.4 is 9.47 Å². The number of carboxylic acids is 1. The summed E-state index contributed by atoms with van der Waals surface area (Å²) >= 11 is 0. The molecule has 0 aromatic heterocycles. The number of carboxylic acid groups (broad SMARTS) is 1. The maximum Gasteiger partial charge on any atom is 0.305 e. The standard InChI is InChI=1S/C23H23NO7/c1-13-4-6-14(7-5-13)21(27)19-20(16-9-8-15(30-2)12-17(16)31-3)24(11-10-18(25)26)23(29)22(19)28/h4-9,12,20,27H,10-11H2,1-3H3,(H,25,26)/t20-/m1/s1. The van der Waals surface area contributed by atoms with E-state index in [0.717, 1.165) is 10.5 Å². The molecule has 0 unspecified atom stereocenters. The maximum atomic E-state index is 12.9. The van der Waals surface area contributed by atoms with Crippen LogP contribution >= 0.6 is 0 Å². The summed E-state index contributed by atoms with van der Waals surface area (Å²) in [5.41, 5.74) is 1.65. The van der Waals surface area contributed by atoms with Gasteiger partial charge in [-0.2, -0.15) is 0 Å². The number of ketones is 1. The van der Waals surface area contributed by atoms with Crippen molar-refractivity contribution < 1.29 is 34.1 Å². The number of carbonyl (C=O) groups excluding carboxylic acids is 2. The Morgan fingerprint density at radius 3 is 2.29 bits per heavy atom. The SMILES string of the molecule is COc1ccc([C@@H]2C(=C(O)c3ccc(C)cc3)C(=O)C(=O)N2CCC(=O)O)c(OC)c1. The highest BCUT2D eigenvalue weighted by Crippen LogP contribution is 2.43. The lowest BCUT2D eigenvalue weighted by atomic mass is 9.94. The molecule has 1 fully saturated rings. The van der Waals surface area contributed by atoms with E-state index in [9.17, 15) is 19.5 Å². The van der Waals surface area contributed by atoms with Gasteiger partial charge in [-0.3, -0.25) is 14.4 Å². The van der Waals surface area contributed by atoms with Crippen LogP contribution in [0.25, 0.3) is 5.76 Å². The lowest BCUT2D eigenvalue weighted by molar-refractivity contribution is -0.142. The largest absolute Gasteiger partial charge is 0.507 e. The van der Waals surface area contributed by atoms with E-state index in [4.69, 9.17) is 14.6 Å². The molecule has 2 aromatic rings. The molecule has 1 aliphatic heterocycles. The van der Waals surface area contributed by atoms with Gasteiger partial charge in [-0.15, -0.1) is 0 Å². The van der Waals surface area contributed by atoms with Gasteiger partial charge in [0, 0.05) is 23.7 Å². The Morgan fingerprint density at radius 2 is 1.71 bits per heavy atom. The number of ether oxygens (including phenoxy) is 2. The number of aryl methyl sites for hydroxylation is 1. The molecule has 1 amide bonds. The number of methoxy groups -OCH3 is 2. The van der Waals surface area contributed by atoms with Gasteiger partial charge < -0.3 is 24.6 Å². The van der Waals surface area contributed by atoms with Gasteiger partial charge in [0.1, 0.15) is 17.3 Å². The predicted molar refractivity (Wildman–Crippen MR) is 112 cm³/mol. The molecule has 0 saturated carbocycles.